The summed E-state index contributed by atoms with van der Waals surface area (Å²) in [5.74, 6) is -6.87. The highest BCUT2D eigenvalue weighted by molar-refractivity contribution is 7.88. The maximum Gasteiger partial charge on any atom is 0.448 e. The van der Waals surface area contributed by atoms with Crippen LogP contribution >= 0.6 is 0 Å². The minimum absolute atomic E-state index is 0.0149. The molecule has 0 amide bonds. The fourth-order valence-corrected chi connectivity index (χ4v) is 3.96. The molecular formula is C23H18F6O3S. The first-order valence-electron chi connectivity index (χ1n) is 9.53. The highest BCUT2D eigenvalue weighted by atomic mass is 32.2. The first kappa shape index (κ1) is 24.6. The minimum atomic E-state index is -6.52. The predicted molar refractivity (Wildman–Crippen MR) is 112 cm³/mol. The first-order chi connectivity index (χ1) is 15.3. The zero-order valence-electron chi connectivity index (χ0n) is 17.3. The zero-order valence-corrected chi connectivity index (χ0v) is 18.1. The van der Waals surface area contributed by atoms with Crippen LogP contribution in [0.1, 0.15) is 11.1 Å². The summed E-state index contributed by atoms with van der Waals surface area (Å²) in [5, 5.41) is -6.18. The standard InChI is InChI=1S/C23H18F6O3S/c1-14-6-10-16(11-7-14)18-4-3-5-19(20(18)17-12-8-15(2)9-13-17)32-33(30,31)23(28,29)22(26,27)21(24)25/h3-13,21H,1-2H3. The van der Waals surface area contributed by atoms with Crippen LogP contribution in [0.4, 0.5) is 26.3 Å². The summed E-state index contributed by atoms with van der Waals surface area (Å²) in [6.45, 7) is 3.62. The normalized spacial score (nSPS) is 12.8. The smallest absolute Gasteiger partial charge is 0.377 e. The molecule has 3 nitrogen and oxygen atoms in total. The van der Waals surface area contributed by atoms with Crippen molar-refractivity contribution in [3.8, 4) is 28.0 Å². The molecule has 3 aromatic rings. The third kappa shape index (κ3) is 4.57. The third-order valence-electron chi connectivity index (χ3n) is 4.90. The molecule has 0 atom stereocenters. The molecule has 0 fully saturated rings. The average molecular weight is 488 g/mol. The average Bonchev–Trinajstić information content (AvgIpc) is 2.74. The summed E-state index contributed by atoms with van der Waals surface area (Å²) in [6, 6.07) is 17.2. The van der Waals surface area contributed by atoms with Crippen LogP contribution < -0.4 is 4.18 Å². The van der Waals surface area contributed by atoms with Gasteiger partial charge >= 0.3 is 27.7 Å². The third-order valence-corrected chi connectivity index (χ3v) is 6.20. The van der Waals surface area contributed by atoms with E-state index >= 15 is 0 Å². The fraction of sp³-hybridized carbons (Fsp3) is 0.217. The largest absolute Gasteiger partial charge is 0.448 e. The van der Waals surface area contributed by atoms with E-state index in [2.05, 4.69) is 4.18 Å². The van der Waals surface area contributed by atoms with Gasteiger partial charge in [0, 0.05) is 5.56 Å². The van der Waals surface area contributed by atoms with E-state index in [-0.39, 0.29) is 5.56 Å². The van der Waals surface area contributed by atoms with Crippen molar-refractivity contribution >= 4 is 10.1 Å². The first-order valence-corrected chi connectivity index (χ1v) is 10.9. The quantitative estimate of drug-likeness (QED) is 0.270. The number of benzene rings is 3. The Balaban J connectivity index is 2.21. The van der Waals surface area contributed by atoms with E-state index in [0.717, 1.165) is 17.2 Å². The van der Waals surface area contributed by atoms with E-state index in [1.165, 1.54) is 6.07 Å². The Morgan fingerprint density at radius 3 is 1.73 bits per heavy atom. The number of aryl methyl sites for hydroxylation is 2. The molecule has 0 N–H and O–H groups in total. The number of hydrogen-bond acceptors (Lipinski definition) is 3. The van der Waals surface area contributed by atoms with E-state index in [1.807, 2.05) is 6.92 Å². The maximum atomic E-state index is 14.0. The molecule has 0 aliphatic heterocycles. The summed E-state index contributed by atoms with van der Waals surface area (Å²) in [5.41, 5.74) is 3.02. The highest BCUT2D eigenvalue weighted by Crippen LogP contribution is 2.46. The Morgan fingerprint density at radius 1 is 0.758 bits per heavy atom. The van der Waals surface area contributed by atoms with Gasteiger partial charge in [-0.25, -0.2) is 8.78 Å². The minimum Gasteiger partial charge on any atom is -0.377 e. The molecule has 0 saturated carbocycles. The van der Waals surface area contributed by atoms with Crippen LogP contribution in [0.2, 0.25) is 0 Å². The number of halogens is 6. The lowest BCUT2D eigenvalue weighted by atomic mass is 9.93. The van der Waals surface area contributed by atoms with Crippen molar-refractivity contribution in [2.24, 2.45) is 0 Å². The van der Waals surface area contributed by atoms with Crippen molar-refractivity contribution in [3.05, 3.63) is 77.9 Å². The molecule has 0 unspecified atom stereocenters. The Hall–Kier alpha value is -3.01. The van der Waals surface area contributed by atoms with E-state index in [9.17, 15) is 34.8 Å². The van der Waals surface area contributed by atoms with Gasteiger partial charge < -0.3 is 4.18 Å². The molecule has 0 spiro atoms. The Labute approximate surface area is 186 Å². The number of rotatable bonds is 7. The van der Waals surface area contributed by atoms with Crippen molar-refractivity contribution in [1.82, 2.24) is 0 Å². The van der Waals surface area contributed by atoms with Crippen LogP contribution in [-0.2, 0) is 10.1 Å². The van der Waals surface area contributed by atoms with Gasteiger partial charge in [0.2, 0.25) is 0 Å². The van der Waals surface area contributed by atoms with Crippen molar-refractivity contribution in [3.63, 3.8) is 0 Å². The highest BCUT2D eigenvalue weighted by Gasteiger charge is 2.72. The molecule has 33 heavy (non-hydrogen) atoms. The summed E-state index contributed by atoms with van der Waals surface area (Å²) < 4.78 is 109. The molecule has 0 radical (unpaired) electrons. The molecule has 0 aliphatic carbocycles. The monoisotopic (exact) mass is 488 g/mol. The van der Waals surface area contributed by atoms with E-state index in [1.54, 1.807) is 61.5 Å². The molecule has 0 bridgehead atoms. The predicted octanol–water partition coefficient (Wildman–Crippen LogP) is 6.84. The van der Waals surface area contributed by atoms with Crippen LogP contribution in [-0.4, -0.2) is 26.0 Å². The lowest BCUT2D eigenvalue weighted by molar-refractivity contribution is -0.227. The summed E-state index contributed by atoms with van der Waals surface area (Å²) in [4.78, 5) is 0. The van der Waals surface area contributed by atoms with Crippen molar-refractivity contribution in [1.29, 1.82) is 0 Å². The molecule has 10 heteroatoms. The SMILES string of the molecule is Cc1ccc(-c2cccc(OS(=O)(=O)C(F)(F)C(F)(F)C(F)F)c2-c2ccc(C)cc2)cc1. The van der Waals surface area contributed by atoms with Crippen molar-refractivity contribution < 1.29 is 38.9 Å². The van der Waals surface area contributed by atoms with Crippen molar-refractivity contribution in [2.45, 2.75) is 31.5 Å². The lowest BCUT2D eigenvalue weighted by Crippen LogP contribution is -2.53. The van der Waals surface area contributed by atoms with Gasteiger partial charge in [0.05, 0.1) is 0 Å². The second kappa shape index (κ2) is 8.74. The second-order valence-electron chi connectivity index (χ2n) is 7.39. The number of hydrogen-bond donors (Lipinski definition) is 0. The van der Waals surface area contributed by atoms with E-state index in [0.29, 0.717) is 16.7 Å². The molecule has 0 aliphatic rings. The van der Waals surface area contributed by atoms with E-state index in [4.69, 9.17) is 0 Å². The van der Waals surface area contributed by atoms with E-state index < -0.39 is 33.5 Å². The second-order valence-corrected chi connectivity index (χ2v) is 8.98. The van der Waals surface area contributed by atoms with Gasteiger partial charge in [-0.2, -0.15) is 26.0 Å². The Bertz CT molecular complexity index is 1240. The van der Waals surface area contributed by atoms with Gasteiger partial charge in [0.25, 0.3) is 0 Å². The molecular weight excluding hydrogens is 470 g/mol. The van der Waals surface area contributed by atoms with Crippen LogP contribution in [0.3, 0.4) is 0 Å². The molecule has 3 rings (SSSR count). The van der Waals surface area contributed by atoms with Gasteiger partial charge in [-0.15, -0.1) is 0 Å². The van der Waals surface area contributed by atoms with Crippen LogP contribution in [0, 0.1) is 13.8 Å². The molecule has 0 saturated heterocycles. The van der Waals surface area contributed by atoms with Gasteiger partial charge in [-0.3, -0.25) is 0 Å². The molecule has 3 aromatic carbocycles. The van der Waals surface area contributed by atoms with Crippen LogP contribution in [0.15, 0.2) is 66.7 Å². The summed E-state index contributed by atoms with van der Waals surface area (Å²) >= 11 is 0. The van der Waals surface area contributed by atoms with Gasteiger partial charge in [-0.05, 0) is 36.6 Å². The number of alkyl halides is 6. The van der Waals surface area contributed by atoms with Crippen LogP contribution in [0.25, 0.3) is 22.3 Å². The Morgan fingerprint density at radius 2 is 1.24 bits per heavy atom. The lowest BCUT2D eigenvalue weighted by Gasteiger charge is -2.25. The zero-order chi connectivity index (χ0) is 24.6. The van der Waals surface area contributed by atoms with Gasteiger partial charge in [0.15, 0.2) is 5.75 Å². The maximum absolute atomic E-state index is 14.0. The molecule has 0 aromatic heterocycles. The van der Waals surface area contributed by atoms with Gasteiger partial charge in [-0.1, -0.05) is 71.8 Å². The molecule has 0 heterocycles. The van der Waals surface area contributed by atoms with Gasteiger partial charge in [0.1, 0.15) is 0 Å². The summed E-state index contributed by atoms with van der Waals surface area (Å²) in [6.07, 6.45) is -4.93. The topological polar surface area (TPSA) is 43.4 Å². The van der Waals surface area contributed by atoms with Crippen molar-refractivity contribution in [2.75, 3.05) is 0 Å². The fourth-order valence-electron chi connectivity index (χ4n) is 3.06. The molecule has 176 valence electrons. The summed E-state index contributed by atoms with van der Waals surface area (Å²) in [7, 11) is -6.52. The Kier molecular flexibility index (Phi) is 6.52. The van der Waals surface area contributed by atoms with Crippen LogP contribution in [0.5, 0.6) is 5.75 Å².